The van der Waals surface area contributed by atoms with Gasteiger partial charge in [-0.05, 0) is 49.4 Å². The van der Waals surface area contributed by atoms with Gasteiger partial charge in [0.25, 0.3) is 0 Å². The van der Waals surface area contributed by atoms with Crippen molar-refractivity contribution in [3.05, 3.63) is 54.1 Å². The van der Waals surface area contributed by atoms with E-state index in [1.807, 2.05) is 27.9 Å². The number of rotatable bonds is 4. The summed E-state index contributed by atoms with van der Waals surface area (Å²) >= 11 is 0. The van der Waals surface area contributed by atoms with Crippen LogP contribution >= 0.6 is 0 Å². The Morgan fingerprint density at radius 3 is 2.83 bits per heavy atom. The molecule has 1 aromatic heterocycles. The van der Waals surface area contributed by atoms with Crippen LogP contribution in [0.4, 0.5) is 4.39 Å². The topological polar surface area (TPSA) is 38.1 Å². The van der Waals surface area contributed by atoms with Crippen molar-refractivity contribution in [3.8, 4) is 0 Å². The maximum atomic E-state index is 13.7. The van der Waals surface area contributed by atoms with Crippen LogP contribution in [0.15, 0.2) is 42.7 Å². The monoisotopic (exact) mass is 327 g/mol. The van der Waals surface area contributed by atoms with Crippen molar-refractivity contribution < 1.29 is 9.18 Å². The highest BCUT2D eigenvalue weighted by Gasteiger charge is 2.49. The summed E-state index contributed by atoms with van der Waals surface area (Å²) in [4.78, 5) is 15.4. The fraction of sp³-hybridized carbons (Fsp3) is 0.474. The normalized spacial score (nSPS) is 22.4. The van der Waals surface area contributed by atoms with Crippen LogP contribution in [0.25, 0.3) is 0 Å². The number of carbonyl (C=O) groups is 1. The minimum Gasteiger partial charge on any atom is -0.337 e. The molecule has 2 fully saturated rings. The van der Waals surface area contributed by atoms with Crippen LogP contribution in [0.3, 0.4) is 0 Å². The summed E-state index contributed by atoms with van der Waals surface area (Å²) in [6.07, 6.45) is 8.40. The molecule has 2 aromatic rings. The van der Waals surface area contributed by atoms with E-state index in [9.17, 15) is 9.18 Å². The van der Waals surface area contributed by atoms with Gasteiger partial charge in [0.2, 0.25) is 5.91 Å². The van der Waals surface area contributed by atoms with Gasteiger partial charge in [0.15, 0.2) is 0 Å². The van der Waals surface area contributed by atoms with E-state index in [4.69, 9.17) is 0 Å². The van der Waals surface area contributed by atoms with Crippen molar-refractivity contribution in [2.24, 2.45) is 0 Å². The van der Waals surface area contributed by atoms with E-state index in [0.717, 1.165) is 50.8 Å². The Kier molecular flexibility index (Phi) is 3.87. The van der Waals surface area contributed by atoms with Crippen molar-refractivity contribution >= 4 is 5.91 Å². The van der Waals surface area contributed by atoms with Gasteiger partial charge in [0, 0.05) is 18.9 Å². The molecule has 1 aromatic carbocycles. The fourth-order valence-electron chi connectivity index (χ4n) is 4.13. The van der Waals surface area contributed by atoms with Crippen LogP contribution < -0.4 is 0 Å². The highest BCUT2D eigenvalue weighted by molar-refractivity contribution is 5.89. The second-order valence-electron chi connectivity index (χ2n) is 6.97. The lowest BCUT2D eigenvalue weighted by molar-refractivity contribution is -0.142. The van der Waals surface area contributed by atoms with E-state index >= 15 is 0 Å². The molecule has 2 aliphatic rings. The quantitative estimate of drug-likeness (QED) is 0.865. The number of benzene rings is 1. The predicted octanol–water partition coefficient (Wildman–Crippen LogP) is 3.14. The van der Waals surface area contributed by atoms with E-state index in [1.54, 1.807) is 12.3 Å². The molecule has 2 heterocycles. The molecule has 0 N–H and O–H groups in total. The molecular weight excluding hydrogens is 305 g/mol. The molecule has 0 bridgehead atoms. The van der Waals surface area contributed by atoms with Crippen LogP contribution in [0.5, 0.6) is 0 Å². The maximum Gasteiger partial charge on any atom is 0.233 e. The van der Waals surface area contributed by atoms with Gasteiger partial charge in [-0.2, -0.15) is 5.10 Å². The second-order valence-corrected chi connectivity index (χ2v) is 6.97. The maximum absolute atomic E-state index is 13.7. The molecular formula is C19H22FN3O. The minimum absolute atomic E-state index is 0.175. The smallest absolute Gasteiger partial charge is 0.233 e. The van der Waals surface area contributed by atoms with E-state index < -0.39 is 5.41 Å². The van der Waals surface area contributed by atoms with Crippen LogP contribution in [0.1, 0.15) is 37.7 Å². The van der Waals surface area contributed by atoms with Crippen LogP contribution in [-0.2, 0) is 16.8 Å². The molecule has 0 spiro atoms. The van der Waals surface area contributed by atoms with Gasteiger partial charge in [-0.25, -0.2) is 4.39 Å². The number of hydrogen-bond acceptors (Lipinski definition) is 2. The summed E-state index contributed by atoms with van der Waals surface area (Å²) in [7, 11) is 0. The van der Waals surface area contributed by atoms with Gasteiger partial charge in [0.1, 0.15) is 5.82 Å². The van der Waals surface area contributed by atoms with Crippen molar-refractivity contribution in [1.82, 2.24) is 14.7 Å². The van der Waals surface area contributed by atoms with Crippen LogP contribution in [0, 0.1) is 5.82 Å². The molecule has 1 amide bonds. The molecule has 5 heteroatoms. The summed E-state index contributed by atoms with van der Waals surface area (Å²) in [6.45, 7) is 1.53. The Labute approximate surface area is 141 Å². The number of nitrogens with zero attached hydrogens (tertiary/aromatic N) is 3. The molecule has 24 heavy (non-hydrogen) atoms. The van der Waals surface area contributed by atoms with Gasteiger partial charge in [-0.1, -0.05) is 18.6 Å². The largest absolute Gasteiger partial charge is 0.337 e. The lowest BCUT2D eigenvalue weighted by Gasteiger charge is -2.44. The first-order valence-electron chi connectivity index (χ1n) is 8.74. The first-order chi connectivity index (χ1) is 11.7. The Bertz CT molecular complexity index is 724. The summed E-state index contributed by atoms with van der Waals surface area (Å²) in [5.41, 5.74) is 0.318. The summed E-state index contributed by atoms with van der Waals surface area (Å²) in [5.74, 6) is -0.0879. The van der Waals surface area contributed by atoms with Gasteiger partial charge in [0.05, 0.1) is 18.0 Å². The Balaban J connectivity index is 1.59. The number of likely N-dealkylation sites (tertiary alicyclic amines) is 1. The summed E-state index contributed by atoms with van der Waals surface area (Å²) < 4.78 is 15.6. The van der Waals surface area contributed by atoms with E-state index in [0.29, 0.717) is 0 Å². The molecule has 1 aliphatic heterocycles. The van der Waals surface area contributed by atoms with Gasteiger partial charge < -0.3 is 4.90 Å². The van der Waals surface area contributed by atoms with Gasteiger partial charge in [-0.3, -0.25) is 9.48 Å². The van der Waals surface area contributed by atoms with E-state index in [1.165, 1.54) is 12.1 Å². The lowest BCUT2D eigenvalue weighted by atomic mass is 9.63. The molecule has 0 radical (unpaired) electrons. The standard InChI is InChI=1S/C19H22FN3O/c20-16-6-1-5-15(13-16)19(8-3-9-19)18(24)23-12-2-7-17(23)14-22-11-4-10-21-22/h1,4-6,10-11,13,17H,2-3,7-9,12,14H2/t17-/m1/s1. The third-order valence-electron chi connectivity index (χ3n) is 5.59. The average molecular weight is 327 g/mol. The summed E-state index contributed by atoms with van der Waals surface area (Å²) in [6, 6.07) is 8.68. The zero-order valence-electron chi connectivity index (χ0n) is 13.7. The number of aromatic nitrogens is 2. The first-order valence-corrected chi connectivity index (χ1v) is 8.74. The zero-order valence-corrected chi connectivity index (χ0v) is 13.7. The molecule has 1 atom stereocenters. The number of halogens is 1. The van der Waals surface area contributed by atoms with Crippen molar-refractivity contribution in [1.29, 1.82) is 0 Å². The SMILES string of the molecule is O=C(N1CCC[C@@H]1Cn1cccn1)C1(c2cccc(F)c2)CCC1. The average Bonchev–Trinajstić information content (AvgIpc) is 3.18. The van der Waals surface area contributed by atoms with Gasteiger partial charge in [-0.15, -0.1) is 0 Å². The number of amides is 1. The first kappa shape index (κ1) is 15.4. The van der Waals surface area contributed by atoms with E-state index in [-0.39, 0.29) is 17.8 Å². The van der Waals surface area contributed by atoms with Crippen LogP contribution in [0.2, 0.25) is 0 Å². The van der Waals surface area contributed by atoms with E-state index in [2.05, 4.69) is 5.10 Å². The third-order valence-corrected chi connectivity index (χ3v) is 5.59. The van der Waals surface area contributed by atoms with Crippen LogP contribution in [-0.4, -0.2) is 33.2 Å². The third kappa shape index (κ3) is 2.52. The molecule has 1 aliphatic carbocycles. The molecule has 4 nitrogen and oxygen atoms in total. The zero-order chi connectivity index (χ0) is 16.6. The number of carbonyl (C=O) groups excluding carboxylic acids is 1. The highest BCUT2D eigenvalue weighted by Crippen LogP contribution is 2.46. The highest BCUT2D eigenvalue weighted by atomic mass is 19.1. The molecule has 0 unspecified atom stereocenters. The summed E-state index contributed by atoms with van der Waals surface area (Å²) in [5, 5.41) is 4.27. The fourth-order valence-corrected chi connectivity index (χ4v) is 4.13. The second kappa shape index (κ2) is 6.04. The molecule has 1 saturated heterocycles. The van der Waals surface area contributed by atoms with Crippen molar-refractivity contribution in [2.75, 3.05) is 6.54 Å². The van der Waals surface area contributed by atoms with Crippen molar-refractivity contribution in [2.45, 2.75) is 50.1 Å². The van der Waals surface area contributed by atoms with Crippen molar-refractivity contribution in [3.63, 3.8) is 0 Å². The molecule has 1 saturated carbocycles. The predicted molar refractivity (Wildman–Crippen MR) is 88.9 cm³/mol. The molecule has 126 valence electrons. The minimum atomic E-state index is -0.519. The Hall–Kier alpha value is -2.17. The lowest BCUT2D eigenvalue weighted by Crippen LogP contribution is -2.53. The van der Waals surface area contributed by atoms with Gasteiger partial charge >= 0.3 is 0 Å². The number of hydrogen-bond donors (Lipinski definition) is 0. The Morgan fingerprint density at radius 1 is 1.29 bits per heavy atom. The molecule has 4 rings (SSSR count). The Morgan fingerprint density at radius 2 is 2.17 bits per heavy atom.